The van der Waals surface area contributed by atoms with Gasteiger partial charge in [0.25, 0.3) is 0 Å². The maximum absolute atomic E-state index is 2.42. The summed E-state index contributed by atoms with van der Waals surface area (Å²) in [5, 5.41) is 0. The van der Waals surface area contributed by atoms with Crippen molar-refractivity contribution in [1.29, 1.82) is 0 Å². The molecule has 0 fully saturated rings. The van der Waals surface area contributed by atoms with Crippen molar-refractivity contribution in [2.24, 2.45) is 65.1 Å². The van der Waals surface area contributed by atoms with Crippen LogP contribution in [0.15, 0.2) is 0 Å². The van der Waals surface area contributed by atoms with Crippen LogP contribution in [0.4, 0.5) is 0 Å². The molecule has 0 heterocycles. The van der Waals surface area contributed by atoms with Crippen molar-refractivity contribution in [3.8, 4) is 0 Å². The molecule has 29 heavy (non-hydrogen) atoms. The van der Waals surface area contributed by atoms with Crippen LogP contribution < -0.4 is 0 Å². The van der Waals surface area contributed by atoms with Gasteiger partial charge in [0.2, 0.25) is 0 Å². The molecule has 0 aliphatic heterocycles. The number of rotatable bonds is 9. The van der Waals surface area contributed by atoms with Gasteiger partial charge in [-0.1, -0.05) is 126 Å². The zero-order valence-corrected chi connectivity index (χ0v) is 21.4. The highest BCUT2D eigenvalue weighted by molar-refractivity contribution is 4.75. The quantitative estimate of drug-likeness (QED) is 0.350. The Morgan fingerprint density at radius 1 is 0.207 bits per heavy atom. The van der Waals surface area contributed by atoms with Gasteiger partial charge in [-0.3, -0.25) is 0 Å². The molecule has 6 unspecified atom stereocenters. The topological polar surface area (TPSA) is 0 Å². The van der Waals surface area contributed by atoms with Crippen LogP contribution in [0.2, 0.25) is 0 Å². The first-order valence-corrected chi connectivity index (χ1v) is 11.7. The van der Waals surface area contributed by atoms with Crippen LogP contribution in [0.1, 0.15) is 126 Å². The highest BCUT2D eigenvalue weighted by atomic mass is 14.3. The highest BCUT2D eigenvalue weighted by Crippen LogP contribution is 2.34. The fraction of sp³-hybridized carbons (Fsp3) is 1.00. The molecule has 0 spiro atoms. The van der Waals surface area contributed by atoms with Gasteiger partial charge in [0, 0.05) is 0 Å². The van der Waals surface area contributed by atoms with Crippen molar-refractivity contribution in [3.63, 3.8) is 0 Å². The third-order valence-electron chi connectivity index (χ3n) is 8.35. The Balaban J connectivity index is -0.000000121. The van der Waals surface area contributed by atoms with Gasteiger partial charge < -0.3 is 0 Å². The second kappa shape index (κ2) is 18.7. The predicted octanol–water partition coefficient (Wildman–Crippen LogP) is 11.0. The first-order valence-electron chi connectivity index (χ1n) is 11.7. The Morgan fingerprint density at radius 2 is 0.310 bits per heavy atom. The summed E-state index contributed by atoms with van der Waals surface area (Å²) in [7, 11) is 0. The Labute approximate surface area is 191 Å². The minimum atomic E-state index is 0. The minimum absolute atomic E-state index is 0. The third-order valence-corrected chi connectivity index (χ3v) is 8.35. The highest BCUT2D eigenvalue weighted by Gasteiger charge is 2.26. The van der Waals surface area contributed by atoms with E-state index in [9.17, 15) is 0 Å². The maximum atomic E-state index is 2.42. The molecular weight excluding hydrogens is 348 g/mol. The van der Waals surface area contributed by atoms with E-state index in [1.54, 1.807) is 0 Å². The Hall–Kier alpha value is 0. The van der Waals surface area contributed by atoms with E-state index in [2.05, 4.69) is 104 Å². The zero-order valence-electron chi connectivity index (χ0n) is 21.4. The van der Waals surface area contributed by atoms with E-state index in [-0.39, 0.29) is 22.3 Å². The zero-order chi connectivity index (χ0) is 21.4. The predicted molar refractivity (Wildman–Crippen MR) is 144 cm³/mol. The number of hydrogen-bond acceptors (Lipinski definition) is 0. The van der Waals surface area contributed by atoms with Crippen LogP contribution in [0.5, 0.6) is 0 Å². The molecule has 0 aliphatic rings. The SMILES string of the molecule is C.C.C.CC(C)C(C)C(C)C(C)C(C)C.CC(C)C(C)C(C)C(C)C(C)C(C)C. The van der Waals surface area contributed by atoms with Crippen LogP contribution in [0, 0.1) is 65.1 Å². The van der Waals surface area contributed by atoms with E-state index in [0.717, 1.165) is 65.1 Å². The first-order chi connectivity index (χ1) is 11.7. The van der Waals surface area contributed by atoms with Gasteiger partial charge in [-0.15, -0.1) is 0 Å². The maximum Gasteiger partial charge on any atom is -0.0386 e. The Morgan fingerprint density at radius 3 is 0.414 bits per heavy atom. The Bertz CT molecular complexity index is 293. The van der Waals surface area contributed by atoms with Crippen molar-refractivity contribution in [2.75, 3.05) is 0 Å². The van der Waals surface area contributed by atoms with Gasteiger partial charge in [-0.2, -0.15) is 0 Å². The summed E-state index contributed by atoms with van der Waals surface area (Å²) in [4.78, 5) is 0. The molecular formula is C29H68. The summed E-state index contributed by atoms with van der Waals surface area (Å²) in [6.45, 7) is 35.5. The molecule has 184 valence electrons. The molecule has 0 aliphatic carbocycles. The summed E-state index contributed by atoms with van der Waals surface area (Å²) < 4.78 is 0. The van der Waals surface area contributed by atoms with Gasteiger partial charge in [0.15, 0.2) is 0 Å². The summed E-state index contributed by atoms with van der Waals surface area (Å²) in [5.41, 5.74) is 0. The van der Waals surface area contributed by atoms with E-state index >= 15 is 0 Å². The summed E-state index contributed by atoms with van der Waals surface area (Å²) in [6.07, 6.45) is 0. The molecule has 0 aromatic rings. The Kier molecular flexibility index (Phi) is 25.5. The second-order valence-electron chi connectivity index (χ2n) is 11.0. The average Bonchev–Trinajstić information content (AvgIpc) is 2.56. The van der Waals surface area contributed by atoms with Crippen LogP contribution in [-0.4, -0.2) is 0 Å². The molecule has 0 aromatic heterocycles. The monoisotopic (exact) mass is 417 g/mol. The lowest BCUT2D eigenvalue weighted by Gasteiger charge is -2.34. The van der Waals surface area contributed by atoms with Crippen molar-refractivity contribution >= 4 is 0 Å². The van der Waals surface area contributed by atoms with Crippen LogP contribution in [-0.2, 0) is 0 Å². The third kappa shape index (κ3) is 14.6. The molecule has 0 N–H and O–H groups in total. The van der Waals surface area contributed by atoms with E-state index < -0.39 is 0 Å². The smallest absolute Gasteiger partial charge is 0.0386 e. The van der Waals surface area contributed by atoms with Crippen molar-refractivity contribution in [2.45, 2.75) is 126 Å². The molecule has 0 nitrogen and oxygen atoms in total. The molecule has 0 saturated heterocycles. The van der Waals surface area contributed by atoms with Crippen LogP contribution in [0.3, 0.4) is 0 Å². The standard InChI is InChI=1S/C14H30.C12H26.3CH4/c1-9(2)11(5)13(7)14(8)12(6)10(3)4;1-8(2)10(5)12(7)11(6)9(3)4;;;/h9-14H,1-8H3;8-12H,1-7H3;3*1H4. The molecule has 0 radical (unpaired) electrons. The van der Waals surface area contributed by atoms with Crippen molar-refractivity contribution in [3.05, 3.63) is 0 Å². The van der Waals surface area contributed by atoms with E-state index in [1.807, 2.05) is 0 Å². The van der Waals surface area contributed by atoms with Crippen LogP contribution >= 0.6 is 0 Å². The largest absolute Gasteiger partial charge is 0.0776 e. The lowest BCUT2D eigenvalue weighted by Crippen LogP contribution is -2.27. The number of hydrogen-bond donors (Lipinski definition) is 0. The fourth-order valence-electron chi connectivity index (χ4n) is 3.86. The average molecular weight is 417 g/mol. The molecule has 0 rings (SSSR count). The van der Waals surface area contributed by atoms with Gasteiger partial charge >= 0.3 is 0 Å². The molecule has 0 bridgehead atoms. The van der Waals surface area contributed by atoms with Crippen LogP contribution in [0.25, 0.3) is 0 Å². The lowest BCUT2D eigenvalue weighted by atomic mass is 9.72. The van der Waals surface area contributed by atoms with Gasteiger partial charge in [0.1, 0.15) is 0 Å². The van der Waals surface area contributed by atoms with E-state index in [0.29, 0.717) is 0 Å². The summed E-state index contributed by atoms with van der Waals surface area (Å²) in [6, 6.07) is 0. The molecule has 6 atom stereocenters. The molecule has 0 amide bonds. The van der Waals surface area contributed by atoms with Gasteiger partial charge in [-0.05, 0) is 65.1 Å². The second-order valence-corrected chi connectivity index (χ2v) is 11.0. The summed E-state index contributed by atoms with van der Waals surface area (Å²) in [5.74, 6) is 9.17. The van der Waals surface area contributed by atoms with E-state index in [1.165, 1.54) is 0 Å². The van der Waals surface area contributed by atoms with Crippen molar-refractivity contribution < 1.29 is 0 Å². The first kappa shape index (κ1) is 39.5. The fourth-order valence-corrected chi connectivity index (χ4v) is 3.86. The molecule has 0 saturated carbocycles. The minimum Gasteiger partial charge on any atom is -0.0776 e. The van der Waals surface area contributed by atoms with Gasteiger partial charge in [0.05, 0.1) is 0 Å². The summed E-state index contributed by atoms with van der Waals surface area (Å²) >= 11 is 0. The molecule has 0 aromatic carbocycles. The van der Waals surface area contributed by atoms with Crippen molar-refractivity contribution in [1.82, 2.24) is 0 Å². The molecule has 0 heteroatoms. The lowest BCUT2D eigenvalue weighted by molar-refractivity contribution is 0.150. The van der Waals surface area contributed by atoms with Gasteiger partial charge in [-0.25, -0.2) is 0 Å². The van der Waals surface area contributed by atoms with E-state index in [4.69, 9.17) is 0 Å². The normalized spacial score (nSPS) is 18.3.